The van der Waals surface area contributed by atoms with Crippen LogP contribution in [0.3, 0.4) is 0 Å². The predicted molar refractivity (Wildman–Crippen MR) is 66.5 cm³/mol. The molecule has 1 aliphatic carbocycles. The molecule has 0 unspecified atom stereocenters. The van der Waals surface area contributed by atoms with Crippen LogP contribution in [0.5, 0.6) is 0 Å². The molecule has 18 heavy (non-hydrogen) atoms. The minimum Gasteiger partial charge on any atom is -0.348 e. The Morgan fingerprint density at radius 3 is 2.72 bits per heavy atom. The average Bonchev–Trinajstić information content (AvgIpc) is 3.04. The molecule has 1 N–H and O–H groups in total. The molecule has 0 atom stereocenters. The SMILES string of the molecule is O=C(NC1CCC2(CC1)OCCO2)c1cscn1. The molecule has 6 heteroatoms. The molecular formula is C12H16N2O3S. The first-order valence-corrected chi connectivity index (χ1v) is 7.19. The minimum absolute atomic E-state index is 0.0783. The van der Waals surface area contributed by atoms with Gasteiger partial charge in [0.2, 0.25) is 0 Å². The molecule has 2 heterocycles. The molecule has 1 aromatic rings. The summed E-state index contributed by atoms with van der Waals surface area (Å²) in [6.07, 6.45) is 3.51. The number of ether oxygens (including phenoxy) is 2. The molecule has 1 spiro atoms. The van der Waals surface area contributed by atoms with Crippen molar-refractivity contribution in [1.82, 2.24) is 10.3 Å². The Hall–Kier alpha value is -0.980. The third-order valence-electron chi connectivity index (χ3n) is 3.56. The van der Waals surface area contributed by atoms with Gasteiger partial charge >= 0.3 is 0 Å². The quantitative estimate of drug-likeness (QED) is 0.884. The van der Waals surface area contributed by atoms with Gasteiger partial charge in [0.05, 0.1) is 18.7 Å². The highest BCUT2D eigenvalue weighted by molar-refractivity contribution is 7.07. The number of carbonyl (C=O) groups excluding carboxylic acids is 1. The van der Waals surface area contributed by atoms with Crippen molar-refractivity contribution in [3.63, 3.8) is 0 Å². The number of amides is 1. The van der Waals surface area contributed by atoms with Gasteiger partial charge in [-0.1, -0.05) is 0 Å². The van der Waals surface area contributed by atoms with E-state index in [1.54, 1.807) is 10.9 Å². The van der Waals surface area contributed by atoms with Crippen molar-refractivity contribution in [2.75, 3.05) is 13.2 Å². The second-order valence-electron chi connectivity index (χ2n) is 4.73. The van der Waals surface area contributed by atoms with E-state index >= 15 is 0 Å². The van der Waals surface area contributed by atoms with Crippen molar-refractivity contribution < 1.29 is 14.3 Å². The van der Waals surface area contributed by atoms with E-state index < -0.39 is 0 Å². The Bertz CT molecular complexity index is 405. The standard InChI is InChI=1S/C12H16N2O3S/c15-11(10-7-18-8-13-10)14-9-1-3-12(4-2-9)16-5-6-17-12/h7-9H,1-6H2,(H,14,15). The summed E-state index contributed by atoms with van der Waals surface area (Å²) in [5, 5.41) is 4.79. The number of carbonyl (C=O) groups is 1. The van der Waals surface area contributed by atoms with Gasteiger partial charge in [-0.05, 0) is 12.8 Å². The van der Waals surface area contributed by atoms with Gasteiger partial charge in [0.1, 0.15) is 5.69 Å². The molecule has 2 aliphatic rings. The van der Waals surface area contributed by atoms with Crippen molar-refractivity contribution in [2.24, 2.45) is 0 Å². The molecule has 3 rings (SSSR count). The van der Waals surface area contributed by atoms with Crippen LogP contribution >= 0.6 is 11.3 Å². The maximum atomic E-state index is 11.9. The van der Waals surface area contributed by atoms with E-state index in [0.717, 1.165) is 25.7 Å². The van der Waals surface area contributed by atoms with E-state index in [4.69, 9.17) is 9.47 Å². The van der Waals surface area contributed by atoms with E-state index in [0.29, 0.717) is 18.9 Å². The highest BCUT2D eigenvalue weighted by Gasteiger charge is 2.40. The maximum absolute atomic E-state index is 11.9. The summed E-state index contributed by atoms with van der Waals surface area (Å²) >= 11 is 1.43. The molecule has 1 amide bonds. The number of aromatic nitrogens is 1. The molecule has 0 bridgehead atoms. The van der Waals surface area contributed by atoms with Gasteiger partial charge in [-0.25, -0.2) is 4.98 Å². The van der Waals surface area contributed by atoms with Crippen molar-refractivity contribution in [3.05, 3.63) is 16.6 Å². The maximum Gasteiger partial charge on any atom is 0.270 e. The highest BCUT2D eigenvalue weighted by atomic mass is 32.1. The number of thiazole rings is 1. The zero-order valence-corrected chi connectivity index (χ0v) is 10.9. The first-order chi connectivity index (χ1) is 8.77. The largest absolute Gasteiger partial charge is 0.348 e. The molecule has 0 radical (unpaired) electrons. The van der Waals surface area contributed by atoms with Gasteiger partial charge in [-0.2, -0.15) is 0 Å². The summed E-state index contributed by atoms with van der Waals surface area (Å²) in [4.78, 5) is 15.9. The molecule has 1 aromatic heterocycles. The summed E-state index contributed by atoms with van der Waals surface area (Å²) in [6, 6.07) is 0.206. The number of rotatable bonds is 2. The second-order valence-corrected chi connectivity index (χ2v) is 5.45. The van der Waals surface area contributed by atoms with Crippen molar-refractivity contribution >= 4 is 17.2 Å². The summed E-state index contributed by atoms with van der Waals surface area (Å²) in [5.74, 6) is -0.438. The Morgan fingerprint density at radius 1 is 1.39 bits per heavy atom. The zero-order valence-electron chi connectivity index (χ0n) is 10.1. The molecule has 0 aromatic carbocycles. The Kier molecular flexibility index (Phi) is 3.32. The van der Waals surface area contributed by atoms with Crippen LogP contribution in [0.25, 0.3) is 0 Å². The fraction of sp³-hybridized carbons (Fsp3) is 0.667. The fourth-order valence-electron chi connectivity index (χ4n) is 2.57. The van der Waals surface area contributed by atoms with E-state index in [9.17, 15) is 4.79 Å². The first kappa shape index (κ1) is 12.1. The van der Waals surface area contributed by atoms with Crippen LogP contribution in [0.4, 0.5) is 0 Å². The van der Waals surface area contributed by atoms with E-state index in [1.807, 2.05) is 0 Å². The summed E-state index contributed by atoms with van der Waals surface area (Å²) < 4.78 is 11.3. The van der Waals surface area contributed by atoms with Crippen LogP contribution in [0, 0.1) is 0 Å². The van der Waals surface area contributed by atoms with Gasteiger partial charge in [-0.3, -0.25) is 4.79 Å². The van der Waals surface area contributed by atoms with Crippen molar-refractivity contribution in [2.45, 2.75) is 37.5 Å². The third kappa shape index (κ3) is 2.41. The molecule has 1 saturated carbocycles. The van der Waals surface area contributed by atoms with Gasteiger partial charge in [0.25, 0.3) is 5.91 Å². The third-order valence-corrected chi connectivity index (χ3v) is 4.15. The second kappa shape index (κ2) is 4.95. The first-order valence-electron chi connectivity index (χ1n) is 6.24. The lowest BCUT2D eigenvalue weighted by Crippen LogP contribution is -2.44. The fourth-order valence-corrected chi connectivity index (χ4v) is 3.10. The normalized spacial score (nSPS) is 23.3. The van der Waals surface area contributed by atoms with E-state index in [2.05, 4.69) is 10.3 Å². The van der Waals surface area contributed by atoms with Gasteiger partial charge < -0.3 is 14.8 Å². The molecule has 98 valence electrons. The number of hydrogen-bond donors (Lipinski definition) is 1. The van der Waals surface area contributed by atoms with Gasteiger partial charge in [-0.15, -0.1) is 11.3 Å². The van der Waals surface area contributed by atoms with Crippen LogP contribution in [0.2, 0.25) is 0 Å². The zero-order chi connectivity index (χ0) is 12.4. The predicted octanol–water partition coefficient (Wildman–Crippen LogP) is 1.56. The molecule has 2 fully saturated rings. The number of nitrogens with one attached hydrogen (secondary N) is 1. The molecule has 1 saturated heterocycles. The monoisotopic (exact) mass is 268 g/mol. The minimum atomic E-state index is -0.359. The number of nitrogens with zero attached hydrogens (tertiary/aromatic N) is 1. The van der Waals surface area contributed by atoms with Crippen LogP contribution in [-0.2, 0) is 9.47 Å². The lowest BCUT2D eigenvalue weighted by atomic mass is 9.90. The van der Waals surface area contributed by atoms with E-state index in [1.165, 1.54) is 11.3 Å². The van der Waals surface area contributed by atoms with E-state index in [-0.39, 0.29) is 17.7 Å². The average molecular weight is 268 g/mol. The summed E-state index contributed by atoms with van der Waals surface area (Å²) in [6.45, 7) is 1.38. The Morgan fingerprint density at radius 2 is 2.11 bits per heavy atom. The van der Waals surface area contributed by atoms with Crippen LogP contribution in [0.15, 0.2) is 10.9 Å². The highest BCUT2D eigenvalue weighted by Crippen LogP contribution is 2.35. The summed E-state index contributed by atoms with van der Waals surface area (Å²) in [5.41, 5.74) is 2.18. The Labute approximate surface area is 110 Å². The summed E-state index contributed by atoms with van der Waals surface area (Å²) in [7, 11) is 0. The van der Waals surface area contributed by atoms with Crippen LogP contribution < -0.4 is 5.32 Å². The lowest BCUT2D eigenvalue weighted by molar-refractivity contribution is -0.179. The molecule has 1 aliphatic heterocycles. The van der Waals surface area contributed by atoms with Gasteiger partial charge in [0, 0.05) is 24.3 Å². The van der Waals surface area contributed by atoms with Gasteiger partial charge in [0.15, 0.2) is 5.79 Å². The lowest BCUT2D eigenvalue weighted by Gasteiger charge is -2.35. The number of hydrogen-bond acceptors (Lipinski definition) is 5. The molecule has 5 nitrogen and oxygen atoms in total. The smallest absolute Gasteiger partial charge is 0.270 e. The molecular weight excluding hydrogens is 252 g/mol. The van der Waals surface area contributed by atoms with Crippen molar-refractivity contribution in [3.8, 4) is 0 Å². The topological polar surface area (TPSA) is 60.5 Å². The van der Waals surface area contributed by atoms with Crippen molar-refractivity contribution in [1.29, 1.82) is 0 Å². The van der Waals surface area contributed by atoms with Crippen LogP contribution in [-0.4, -0.2) is 35.9 Å². The van der Waals surface area contributed by atoms with Crippen LogP contribution in [0.1, 0.15) is 36.2 Å². The Balaban J connectivity index is 1.52.